The molecule has 112 valence electrons. The second kappa shape index (κ2) is 7.14. The van der Waals surface area contributed by atoms with E-state index < -0.39 is 0 Å². The van der Waals surface area contributed by atoms with Gasteiger partial charge in [-0.15, -0.1) is 0 Å². The minimum absolute atomic E-state index is 0.150. The molecule has 0 saturated carbocycles. The minimum Gasteiger partial charge on any atom is -0.497 e. The summed E-state index contributed by atoms with van der Waals surface area (Å²) in [6.07, 6.45) is 0. The van der Waals surface area contributed by atoms with Crippen molar-refractivity contribution in [1.29, 1.82) is 0 Å². The molecule has 0 amide bonds. The third-order valence-electron chi connectivity index (χ3n) is 3.60. The topological polar surface area (TPSA) is 30.5 Å². The maximum Gasteiger partial charge on any atom is 0.122 e. The van der Waals surface area contributed by atoms with Crippen LogP contribution in [0.4, 0.5) is 0 Å². The molecule has 2 aromatic carbocycles. The standard InChI is InChI=1S/C18H23NO2/c1-13-5-10-18(14(2)11-13)21-12-17(19-3)15-6-8-16(20-4)9-7-15/h5-11,17,19H,12H2,1-4H3. The van der Waals surface area contributed by atoms with Crippen molar-refractivity contribution in [1.82, 2.24) is 5.32 Å². The van der Waals surface area contributed by atoms with Crippen LogP contribution in [0.3, 0.4) is 0 Å². The Hall–Kier alpha value is -2.00. The SMILES string of the molecule is CNC(COc1ccc(C)cc1C)c1ccc(OC)cc1. The van der Waals surface area contributed by atoms with Gasteiger partial charge in [0.25, 0.3) is 0 Å². The molecule has 0 spiro atoms. The van der Waals surface area contributed by atoms with E-state index in [1.807, 2.05) is 25.2 Å². The highest BCUT2D eigenvalue weighted by Crippen LogP contribution is 2.22. The van der Waals surface area contributed by atoms with Gasteiger partial charge in [0.15, 0.2) is 0 Å². The summed E-state index contributed by atoms with van der Waals surface area (Å²) in [5.41, 5.74) is 3.60. The van der Waals surface area contributed by atoms with Crippen LogP contribution in [0.1, 0.15) is 22.7 Å². The van der Waals surface area contributed by atoms with Crippen LogP contribution in [-0.4, -0.2) is 20.8 Å². The van der Waals surface area contributed by atoms with E-state index in [2.05, 4.69) is 43.4 Å². The fourth-order valence-corrected chi connectivity index (χ4v) is 2.32. The van der Waals surface area contributed by atoms with Gasteiger partial charge < -0.3 is 14.8 Å². The molecule has 3 heteroatoms. The molecule has 2 aromatic rings. The maximum atomic E-state index is 5.96. The number of aryl methyl sites for hydroxylation is 2. The van der Waals surface area contributed by atoms with E-state index in [-0.39, 0.29) is 6.04 Å². The van der Waals surface area contributed by atoms with E-state index in [9.17, 15) is 0 Å². The van der Waals surface area contributed by atoms with Gasteiger partial charge >= 0.3 is 0 Å². The van der Waals surface area contributed by atoms with Crippen LogP contribution in [0.5, 0.6) is 11.5 Å². The van der Waals surface area contributed by atoms with Crippen LogP contribution in [0.25, 0.3) is 0 Å². The Morgan fingerprint density at radius 2 is 1.76 bits per heavy atom. The summed E-state index contributed by atoms with van der Waals surface area (Å²) in [6, 6.07) is 14.5. The summed E-state index contributed by atoms with van der Waals surface area (Å²) >= 11 is 0. The summed E-state index contributed by atoms with van der Waals surface area (Å²) < 4.78 is 11.1. The largest absolute Gasteiger partial charge is 0.497 e. The zero-order chi connectivity index (χ0) is 15.2. The number of rotatable bonds is 6. The van der Waals surface area contributed by atoms with Crippen molar-refractivity contribution in [3.05, 3.63) is 59.2 Å². The lowest BCUT2D eigenvalue weighted by molar-refractivity contribution is 0.271. The lowest BCUT2D eigenvalue weighted by atomic mass is 10.1. The van der Waals surface area contributed by atoms with Crippen molar-refractivity contribution in [3.8, 4) is 11.5 Å². The van der Waals surface area contributed by atoms with Crippen LogP contribution in [0, 0.1) is 13.8 Å². The highest BCUT2D eigenvalue weighted by Gasteiger charge is 2.11. The lowest BCUT2D eigenvalue weighted by Gasteiger charge is -2.19. The van der Waals surface area contributed by atoms with Crippen LogP contribution in [0.2, 0.25) is 0 Å². The van der Waals surface area contributed by atoms with E-state index >= 15 is 0 Å². The quantitative estimate of drug-likeness (QED) is 0.878. The van der Waals surface area contributed by atoms with Gasteiger partial charge in [-0.25, -0.2) is 0 Å². The Labute approximate surface area is 126 Å². The molecule has 0 aliphatic heterocycles. The van der Waals surface area contributed by atoms with Crippen LogP contribution in [-0.2, 0) is 0 Å². The van der Waals surface area contributed by atoms with Gasteiger partial charge in [0.1, 0.15) is 18.1 Å². The summed E-state index contributed by atoms with van der Waals surface area (Å²) in [5, 5.41) is 3.29. The molecule has 1 unspecified atom stereocenters. The number of benzene rings is 2. The van der Waals surface area contributed by atoms with E-state index in [1.165, 1.54) is 16.7 Å². The molecule has 0 heterocycles. The first-order valence-corrected chi connectivity index (χ1v) is 7.15. The Morgan fingerprint density at radius 3 is 2.33 bits per heavy atom. The van der Waals surface area contributed by atoms with Gasteiger partial charge in [-0.05, 0) is 50.2 Å². The Bertz CT molecular complexity index is 578. The number of hydrogen-bond acceptors (Lipinski definition) is 3. The fourth-order valence-electron chi connectivity index (χ4n) is 2.32. The van der Waals surface area contributed by atoms with E-state index in [1.54, 1.807) is 7.11 Å². The zero-order valence-corrected chi connectivity index (χ0v) is 13.1. The van der Waals surface area contributed by atoms with Gasteiger partial charge in [0.05, 0.1) is 13.2 Å². The maximum absolute atomic E-state index is 5.96. The molecule has 0 radical (unpaired) electrons. The Morgan fingerprint density at radius 1 is 1.05 bits per heavy atom. The van der Waals surface area contributed by atoms with Crippen LogP contribution in [0.15, 0.2) is 42.5 Å². The van der Waals surface area contributed by atoms with Crippen molar-refractivity contribution < 1.29 is 9.47 Å². The molecule has 0 bridgehead atoms. The second-order valence-electron chi connectivity index (χ2n) is 5.19. The van der Waals surface area contributed by atoms with Crippen molar-refractivity contribution >= 4 is 0 Å². The van der Waals surface area contributed by atoms with E-state index in [0.29, 0.717) is 6.61 Å². The van der Waals surface area contributed by atoms with Crippen molar-refractivity contribution in [2.75, 3.05) is 20.8 Å². The molecule has 0 saturated heterocycles. The van der Waals surface area contributed by atoms with E-state index in [0.717, 1.165) is 11.5 Å². The molecule has 1 atom stereocenters. The molecule has 1 N–H and O–H groups in total. The highest BCUT2D eigenvalue weighted by atomic mass is 16.5. The third kappa shape index (κ3) is 3.99. The molecule has 2 rings (SSSR count). The van der Waals surface area contributed by atoms with Crippen LogP contribution < -0.4 is 14.8 Å². The zero-order valence-electron chi connectivity index (χ0n) is 13.1. The Balaban J connectivity index is 2.04. The Kier molecular flexibility index (Phi) is 5.23. The molecule has 3 nitrogen and oxygen atoms in total. The molecular weight excluding hydrogens is 262 g/mol. The van der Waals surface area contributed by atoms with Gasteiger partial charge in [-0.3, -0.25) is 0 Å². The van der Waals surface area contributed by atoms with Crippen molar-refractivity contribution in [3.63, 3.8) is 0 Å². The number of ether oxygens (including phenoxy) is 2. The monoisotopic (exact) mass is 285 g/mol. The molecule has 0 aromatic heterocycles. The smallest absolute Gasteiger partial charge is 0.122 e. The molecule has 0 aliphatic rings. The number of hydrogen-bond donors (Lipinski definition) is 1. The van der Waals surface area contributed by atoms with Crippen LogP contribution >= 0.6 is 0 Å². The predicted octanol–water partition coefficient (Wildman–Crippen LogP) is 3.65. The first-order chi connectivity index (χ1) is 10.1. The molecule has 21 heavy (non-hydrogen) atoms. The normalized spacial score (nSPS) is 12.0. The summed E-state index contributed by atoms with van der Waals surface area (Å²) in [4.78, 5) is 0. The second-order valence-corrected chi connectivity index (χ2v) is 5.19. The van der Waals surface area contributed by atoms with Crippen molar-refractivity contribution in [2.24, 2.45) is 0 Å². The first kappa shape index (κ1) is 15.4. The average molecular weight is 285 g/mol. The number of methoxy groups -OCH3 is 1. The average Bonchev–Trinajstić information content (AvgIpc) is 2.50. The third-order valence-corrected chi connectivity index (χ3v) is 3.60. The van der Waals surface area contributed by atoms with E-state index in [4.69, 9.17) is 9.47 Å². The van der Waals surface area contributed by atoms with Gasteiger partial charge in [0, 0.05) is 0 Å². The number of likely N-dealkylation sites (N-methyl/N-ethyl adjacent to an activating group) is 1. The predicted molar refractivity (Wildman–Crippen MR) is 86.2 cm³/mol. The van der Waals surface area contributed by atoms with Gasteiger partial charge in [0.2, 0.25) is 0 Å². The summed E-state index contributed by atoms with van der Waals surface area (Å²) in [7, 11) is 3.62. The van der Waals surface area contributed by atoms with Gasteiger partial charge in [-0.2, -0.15) is 0 Å². The molecule has 0 aliphatic carbocycles. The number of nitrogens with one attached hydrogen (secondary N) is 1. The van der Waals surface area contributed by atoms with Crippen molar-refractivity contribution in [2.45, 2.75) is 19.9 Å². The lowest BCUT2D eigenvalue weighted by Crippen LogP contribution is -2.23. The molecule has 0 fully saturated rings. The first-order valence-electron chi connectivity index (χ1n) is 7.15. The summed E-state index contributed by atoms with van der Waals surface area (Å²) in [6.45, 7) is 4.75. The van der Waals surface area contributed by atoms with Gasteiger partial charge in [-0.1, -0.05) is 29.8 Å². The highest BCUT2D eigenvalue weighted by molar-refractivity contribution is 5.36. The summed E-state index contributed by atoms with van der Waals surface area (Å²) in [5.74, 6) is 1.80. The molecular formula is C18H23NO2. The fraction of sp³-hybridized carbons (Fsp3) is 0.333. The minimum atomic E-state index is 0.150.